The highest BCUT2D eigenvalue weighted by Gasteiger charge is 2.26. The van der Waals surface area contributed by atoms with E-state index in [1.165, 1.54) is 0 Å². The van der Waals surface area contributed by atoms with E-state index < -0.39 is 12.6 Å². The molecule has 0 aliphatic heterocycles. The Balaban J connectivity index is 2.36. The monoisotopic (exact) mass is 276 g/mol. The first-order valence-electron chi connectivity index (χ1n) is 6.31. The zero-order valence-electron chi connectivity index (χ0n) is 11.1. The summed E-state index contributed by atoms with van der Waals surface area (Å²) in [5, 5.41) is 3.24. The molecule has 1 aromatic rings. The number of hydrogen-bond acceptors (Lipinski definition) is 3. The molecule has 108 valence electrons. The Labute approximate surface area is 111 Å². The van der Waals surface area contributed by atoms with Crippen LogP contribution in [0.4, 0.5) is 13.2 Å². The van der Waals surface area contributed by atoms with Crippen molar-refractivity contribution in [1.29, 1.82) is 0 Å². The van der Waals surface area contributed by atoms with Crippen LogP contribution in [-0.4, -0.2) is 24.3 Å². The summed E-state index contributed by atoms with van der Waals surface area (Å²) in [5.41, 5.74) is 1.02. The minimum atomic E-state index is -4.12. The van der Waals surface area contributed by atoms with Crippen molar-refractivity contribution in [3.05, 3.63) is 23.9 Å². The molecule has 1 aromatic heterocycles. The highest BCUT2D eigenvalue weighted by Crippen LogP contribution is 2.21. The van der Waals surface area contributed by atoms with Crippen molar-refractivity contribution in [1.82, 2.24) is 10.3 Å². The fourth-order valence-corrected chi connectivity index (χ4v) is 1.61. The van der Waals surface area contributed by atoms with Crippen LogP contribution in [0, 0.1) is 0 Å². The Hall–Kier alpha value is -1.30. The van der Waals surface area contributed by atoms with Crippen LogP contribution in [0.2, 0.25) is 0 Å². The minimum absolute atomic E-state index is 0.0224. The lowest BCUT2D eigenvalue weighted by Crippen LogP contribution is -2.17. The summed E-state index contributed by atoms with van der Waals surface area (Å²) in [6.07, 6.45) is -3.34. The predicted molar refractivity (Wildman–Crippen MR) is 67.1 cm³/mol. The molecule has 0 aromatic carbocycles. The maximum atomic E-state index is 11.9. The van der Waals surface area contributed by atoms with Gasteiger partial charge in [0.2, 0.25) is 5.88 Å². The molecule has 0 aliphatic rings. The number of hydrogen-bond donors (Lipinski definition) is 1. The summed E-state index contributed by atoms with van der Waals surface area (Å²) >= 11 is 0. The van der Waals surface area contributed by atoms with Gasteiger partial charge in [-0.05, 0) is 25.5 Å². The fourth-order valence-electron chi connectivity index (χ4n) is 1.61. The van der Waals surface area contributed by atoms with Gasteiger partial charge in [-0.3, -0.25) is 0 Å². The maximum Gasteiger partial charge on any atom is 0.389 e. The van der Waals surface area contributed by atoms with Gasteiger partial charge >= 0.3 is 6.18 Å². The summed E-state index contributed by atoms with van der Waals surface area (Å²) in [5.74, 6) is 0.356. The van der Waals surface area contributed by atoms with Gasteiger partial charge in [-0.25, -0.2) is 4.98 Å². The SMILES string of the molecule is CCNC(C)c1ccc(OCCCC(F)(F)F)nc1. The summed E-state index contributed by atoms with van der Waals surface area (Å²) in [4.78, 5) is 4.07. The number of alkyl halides is 3. The number of nitrogens with one attached hydrogen (secondary N) is 1. The number of aromatic nitrogens is 1. The van der Waals surface area contributed by atoms with Crippen LogP contribution in [0.1, 0.15) is 38.3 Å². The van der Waals surface area contributed by atoms with E-state index in [1.807, 2.05) is 19.9 Å². The standard InChI is InChI=1S/C13H19F3N2O/c1-3-17-10(2)11-5-6-12(18-9-11)19-8-4-7-13(14,15)16/h5-6,9-10,17H,3-4,7-8H2,1-2H3. The number of nitrogens with zero attached hydrogens (tertiary/aromatic N) is 1. The third kappa shape index (κ3) is 6.42. The van der Waals surface area contributed by atoms with E-state index in [4.69, 9.17) is 4.74 Å². The van der Waals surface area contributed by atoms with E-state index >= 15 is 0 Å². The molecule has 0 radical (unpaired) electrons. The van der Waals surface area contributed by atoms with Crippen molar-refractivity contribution in [3.8, 4) is 5.88 Å². The highest BCUT2D eigenvalue weighted by atomic mass is 19.4. The Bertz CT molecular complexity index is 365. The zero-order chi connectivity index (χ0) is 14.3. The molecule has 0 spiro atoms. The van der Waals surface area contributed by atoms with Gasteiger partial charge in [0.25, 0.3) is 0 Å². The second kappa shape index (κ2) is 7.33. The van der Waals surface area contributed by atoms with Crippen molar-refractivity contribution >= 4 is 0 Å². The average Bonchev–Trinajstić information content (AvgIpc) is 2.34. The summed E-state index contributed by atoms with van der Waals surface area (Å²) in [7, 11) is 0. The first-order chi connectivity index (χ1) is 8.92. The van der Waals surface area contributed by atoms with Crippen LogP contribution < -0.4 is 10.1 Å². The Morgan fingerprint density at radius 3 is 2.63 bits per heavy atom. The van der Waals surface area contributed by atoms with E-state index in [9.17, 15) is 13.2 Å². The number of halogens is 3. The molecule has 0 fully saturated rings. The second-order valence-electron chi connectivity index (χ2n) is 4.28. The number of rotatable bonds is 7. The Morgan fingerprint density at radius 1 is 1.37 bits per heavy atom. The molecule has 1 heterocycles. The molecule has 1 unspecified atom stereocenters. The molecule has 19 heavy (non-hydrogen) atoms. The molecule has 1 N–H and O–H groups in total. The molecule has 0 aliphatic carbocycles. The molecule has 0 saturated heterocycles. The Kier molecular flexibility index (Phi) is 6.08. The second-order valence-corrected chi connectivity index (χ2v) is 4.28. The van der Waals surface area contributed by atoms with Crippen molar-refractivity contribution in [2.45, 2.75) is 38.9 Å². The van der Waals surface area contributed by atoms with E-state index in [0.717, 1.165) is 12.1 Å². The van der Waals surface area contributed by atoms with E-state index in [1.54, 1.807) is 12.3 Å². The van der Waals surface area contributed by atoms with Crippen molar-refractivity contribution in [2.24, 2.45) is 0 Å². The first-order valence-corrected chi connectivity index (χ1v) is 6.31. The van der Waals surface area contributed by atoms with Crippen LogP contribution in [0.25, 0.3) is 0 Å². The predicted octanol–water partition coefficient (Wildman–Crippen LogP) is 3.47. The van der Waals surface area contributed by atoms with Crippen LogP contribution in [0.3, 0.4) is 0 Å². The minimum Gasteiger partial charge on any atom is -0.478 e. The van der Waals surface area contributed by atoms with Gasteiger partial charge in [0.15, 0.2) is 0 Å². The number of ether oxygens (including phenoxy) is 1. The largest absolute Gasteiger partial charge is 0.478 e. The quantitative estimate of drug-likeness (QED) is 0.774. The van der Waals surface area contributed by atoms with Gasteiger partial charge in [0.05, 0.1) is 6.61 Å². The molecule has 0 amide bonds. The maximum absolute atomic E-state index is 11.9. The zero-order valence-corrected chi connectivity index (χ0v) is 11.1. The van der Waals surface area contributed by atoms with Gasteiger partial charge in [0, 0.05) is 24.7 Å². The summed E-state index contributed by atoms with van der Waals surface area (Å²) < 4.78 is 40.9. The van der Waals surface area contributed by atoms with Crippen LogP contribution in [0.5, 0.6) is 5.88 Å². The summed E-state index contributed by atoms with van der Waals surface area (Å²) in [6.45, 7) is 4.91. The van der Waals surface area contributed by atoms with Crippen molar-refractivity contribution in [3.63, 3.8) is 0 Å². The third-order valence-corrected chi connectivity index (χ3v) is 2.62. The van der Waals surface area contributed by atoms with Crippen LogP contribution in [-0.2, 0) is 0 Å². The molecule has 1 rings (SSSR count). The van der Waals surface area contributed by atoms with Gasteiger partial charge in [0.1, 0.15) is 0 Å². The van der Waals surface area contributed by atoms with Crippen molar-refractivity contribution in [2.75, 3.05) is 13.2 Å². The highest BCUT2D eigenvalue weighted by molar-refractivity contribution is 5.20. The lowest BCUT2D eigenvalue weighted by molar-refractivity contribution is -0.136. The average molecular weight is 276 g/mol. The first kappa shape index (κ1) is 15.8. The topological polar surface area (TPSA) is 34.1 Å². The molecule has 1 atom stereocenters. The summed E-state index contributed by atoms with van der Waals surface area (Å²) in [6, 6.07) is 3.73. The van der Waals surface area contributed by atoms with Gasteiger partial charge in [-0.15, -0.1) is 0 Å². The molecule has 3 nitrogen and oxygen atoms in total. The van der Waals surface area contributed by atoms with Crippen LogP contribution >= 0.6 is 0 Å². The molecular weight excluding hydrogens is 257 g/mol. The smallest absolute Gasteiger partial charge is 0.389 e. The molecule has 6 heteroatoms. The molecule has 0 saturated carbocycles. The molecule has 0 bridgehead atoms. The van der Waals surface area contributed by atoms with Crippen molar-refractivity contribution < 1.29 is 17.9 Å². The third-order valence-electron chi connectivity index (χ3n) is 2.62. The van der Waals surface area contributed by atoms with Crippen LogP contribution in [0.15, 0.2) is 18.3 Å². The van der Waals surface area contributed by atoms with Gasteiger partial charge in [-0.1, -0.05) is 13.0 Å². The normalized spacial score (nSPS) is 13.3. The van der Waals surface area contributed by atoms with E-state index in [2.05, 4.69) is 10.3 Å². The number of pyridine rings is 1. The lowest BCUT2D eigenvalue weighted by atomic mass is 10.1. The van der Waals surface area contributed by atoms with Gasteiger partial charge in [-0.2, -0.15) is 13.2 Å². The fraction of sp³-hybridized carbons (Fsp3) is 0.615. The van der Waals surface area contributed by atoms with Gasteiger partial charge < -0.3 is 10.1 Å². The van der Waals surface area contributed by atoms with E-state index in [-0.39, 0.29) is 19.1 Å². The molecular formula is C13H19F3N2O. The Morgan fingerprint density at radius 2 is 2.11 bits per heavy atom. The van der Waals surface area contributed by atoms with E-state index in [0.29, 0.717) is 5.88 Å². The lowest BCUT2D eigenvalue weighted by Gasteiger charge is -2.13.